The van der Waals surface area contributed by atoms with Crippen molar-refractivity contribution in [3.63, 3.8) is 0 Å². The summed E-state index contributed by atoms with van der Waals surface area (Å²) >= 11 is 3.60. The van der Waals surface area contributed by atoms with Crippen molar-refractivity contribution in [1.29, 1.82) is 0 Å². The van der Waals surface area contributed by atoms with E-state index in [0.29, 0.717) is 5.92 Å². The predicted octanol–water partition coefficient (Wildman–Crippen LogP) is 3.64. The molecule has 1 aliphatic rings. The normalized spacial score (nSPS) is 23.1. The molecule has 2 heterocycles. The Labute approximate surface area is 134 Å². The fraction of sp³-hybridized carbons (Fsp3) is 0.625. The molecule has 114 valence electrons. The standard InChI is InChI=1S/C16H23BrN4/c1-11-14-15(17)19-16(21(14)9-8-18-11)13-6-4-12(5-7-13)10-20(2)3/h8-9,12-13H,4-7,10H2,1-3H3/t12-,13-. The first-order chi connectivity index (χ1) is 10.1. The number of aromatic nitrogens is 3. The summed E-state index contributed by atoms with van der Waals surface area (Å²) in [5.74, 6) is 2.61. The zero-order chi connectivity index (χ0) is 15.0. The maximum absolute atomic E-state index is 4.79. The first kappa shape index (κ1) is 15.0. The molecule has 0 bridgehead atoms. The summed E-state index contributed by atoms with van der Waals surface area (Å²) in [7, 11) is 4.34. The minimum Gasteiger partial charge on any atom is -0.309 e. The molecular weight excluding hydrogens is 328 g/mol. The lowest BCUT2D eigenvalue weighted by Gasteiger charge is -2.29. The van der Waals surface area contributed by atoms with Crippen molar-refractivity contribution >= 4 is 21.4 Å². The highest BCUT2D eigenvalue weighted by Gasteiger charge is 2.26. The van der Waals surface area contributed by atoms with Crippen LogP contribution in [0.2, 0.25) is 0 Å². The van der Waals surface area contributed by atoms with Crippen LogP contribution in [0.3, 0.4) is 0 Å². The van der Waals surface area contributed by atoms with Crippen LogP contribution in [0.4, 0.5) is 0 Å². The number of hydrogen-bond donors (Lipinski definition) is 0. The molecule has 0 atom stereocenters. The van der Waals surface area contributed by atoms with Gasteiger partial charge in [-0.2, -0.15) is 0 Å². The van der Waals surface area contributed by atoms with Crippen LogP contribution in [0.25, 0.3) is 5.52 Å². The third kappa shape index (κ3) is 2.99. The molecular formula is C16H23BrN4. The van der Waals surface area contributed by atoms with Crippen LogP contribution in [-0.4, -0.2) is 39.9 Å². The molecule has 0 saturated heterocycles. The molecule has 0 amide bonds. The van der Waals surface area contributed by atoms with E-state index < -0.39 is 0 Å². The fourth-order valence-corrected chi connectivity index (χ4v) is 4.24. The smallest absolute Gasteiger partial charge is 0.134 e. The Balaban J connectivity index is 1.81. The number of fused-ring (bicyclic) bond motifs is 1. The molecule has 1 aliphatic carbocycles. The summed E-state index contributed by atoms with van der Waals surface area (Å²) in [6.07, 6.45) is 9.01. The molecule has 0 N–H and O–H groups in total. The second kappa shape index (κ2) is 6.05. The number of rotatable bonds is 3. The van der Waals surface area contributed by atoms with Gasteiger partial charge in [-0.3, -0.25) is 9.38 Å². The van der Waals surface area contributed by atoms with E-state index in [-0.39, 0.29) is 0 Å². The van der Waals surface area contributed by atoms with Gasteiger partial charge in [-0.15, -0.1) is 0 Å². The Morgan fingerprint density at radius 2 is 2.00 bits per heavy atom. The van der Waals surface area contributed by atoms with E-state index in [4.69, 9.17) is 4.98 Å². The van der Waals surface area contributed by atoms with Crippen molar-refractivity contribution in [2.75, 3.05) is 20.6 Å². The summed E-state index contributed by atoms with van der Waals surface area (Å²) in [5, 5.41) is 0. The molecule has 5 heteroatoms. The van der Waals surface area contributed by atoms with E-state index in [0.717, 1.165) is 21.7 Å². The Morgan fingerprint density at radius 1 is 1.29 bits per heavy atom. The van der Waals surface area contributed by atoms with Gasteiger partial charge < -0.3 is 4.90 Å². The summed E-state index contributed by atoms with van der Waals surface area (Å²) < 4.78 is 3.15. The van der Waals surface area contributed by atoms with E-state index in [9.17, 15) is 0 Å². The largest absolute Gasteiger partial charge is 0.309 e. The van der Waals surface area contributed by atoms with Gasteiger partial charge in [0.25, 0.3) is 0 Å². The van der Waals surface area contributed by atoms with Crippen LogP contribution >= 0.6 is 15.9 Å². The van der Waals surface area contributed by atoms with Crippen molar-refractivity contribution in [1.82, 2.24) is 19.3 Å². The Morgan fingerprint density at radius 3 is 2.67 bits per heavy atom. The number of hydrogen-bond acceptors (Lipinski definition) is 3. The first-order valence-corrected chi connectivity index (χ1v) is 8.49. The van der Waals surface area contributed by atoms with Crippen LogP contribution in [-0.2, 0) is 0 Å². The summed E-state index contributed by atoms with van der Waals surface area (Å²) in [6, 6.07) is 0. The third-order valence-corrected chi connectivity index (χ3v) is 5.11. The molecule has 1 saturated carbocycles. The monoisotopic (exact) mass is 350 g/mol. The van der Waals surface area contributed by atoms with Gasteiger partial charge in [-0.05, 0) is 68.6 Å². The van der Waals surface area contributed by atoms with Crippen LogP contribution in [0.15, 0.2) is 17.0 Å². The average Bonchev–Trinajstić information content (AvgIpc) is 2.78. The van der Waals surface area contributed by atoms with Gasteiger partial charge >= 0.3 is 0 Å². The van der Waals surface area contributed by atoms with Crippen molar-refractivity contribution < 1.29 is 0 Å². The number of nitrogens with zero attached hydrogens (tertiary/aromatic N) is 4. The highest BCUT2D eigenvalue weighted by molar-refractivity contribution is 9.10. The summed E-state index contributed by atoms with van der Waals surface area (Å²) in [4.78, 5) is 11.5. The molecule has 0 aliphatic heterocycles. The Bertz CT molecular complexity index is 626. The molecule has 0 aromatic carbocycles. The number of halogens is 1. The maximum Gasteiger partial charge on any atom is 0.134 e. The second-order valence-corrected chi connectivity index (χ2v) is 7.22. The van der Waals surface area contributed by atoms with E-state index in [2.05, 4.69) is 44.3 Å². The highest BCUT2D eigenvalue weighted by Crippen LogP contribution is 2.37. The molecule has 2 aromatic rings. The molecule has 4 nitrogen and oxygen atoms in total. The van der Waals surface area contributed by atoms with Gasteiger partial charge in [0.1, 0.15) is 15.9 Å². The molecule has 0 spiro atoms. The van der Waals surface area contributed by atoms with Crippen LogP contribution in [0.1, 0.15) is 43.1 Å². The van der Waals surface area contributed by atoms with Crippen molar-refractivity contribution in [2.45, 2.75) is 38.5 Å². The van der Waals surface area contributed by atoms with Gasteiger partial charge in [-0.25, -0.2) is 4.98 Å². The zero-order valence-corrected chi connectivity index (χ0v) is 14.6. The molecule has 1 fully saturated rings. The molecule has 0 radical (unpaired) electrons. The molecule has 3 rings (SSSR count). The SMILES string of the molecule is Cc1nccn2c1c(Br)nc2[C@H]1CC[C@H](CN(C)C)CC1. The van der Waals surface area contributed by atoms with E-state index >= 15 is 0 Å². The van der Waals surface area contributed by atoms with E-state index in [1.54, 1.807) is 0 Å². The van der Waals surface area contributed by atoms with Gasteiger partial charge in [0, 0.05) is 24.9 Å². The van der Waals surface area contributed by atoms with Crippen molar-refractivity contribution in [3.05, 3.63) is 28.5 Å². The maximum atomic E-state index is 4.79. The predicted molar refractivity (Wildman–Crippen MR) is 88.7 cm³/mol. The van der Waals surface area contributed by atoms with Crippen LogP contribution in [0, 0.1) is 12.8 Å². The third-order valence-electron chi connectivity index (χ3n) is 4.56. The number of aryl methyl sites for hydroxylation is 1. The zero-order valence-electron chi connectivity index (χ0n) is 13.0. The van der Waals surface area contributed by atoms with E-state index in [1.807, 2.05) is 19.3 Å². The fourth-order valence-electron chi connectivity index (χ4n) is 3.58. The van der Waals surface area contributed by atoms with Gasteiger partial charge in [-0.1, -0.05) is 0 Å². The Kier molecular flexibility index (Phi) is 4.31. The number of imidazole rings is 1. The van der Waals surface area contributed by atoms with E-state index in [1.165, 1.54) is 38.1 Å². The average molecular weight is 351 g/mol. The minimum atomic E-state index is 0.573. The lowest BCUT2D eigenvalue weighted by atomic mass is 9.81. The van der Waals surface area contributed by atoms with Crippen molar-refractivity contribution in [2.24, 2.45) is 5.92 Å². The summed E-state index contributed by atoms with van der Waals surface area (Å²) in [6.45, 7) is 3.25. The van der Waals surface area contributed by atoms with Gasteiger partial charge in [0.2, 0.25) is 0 Å². The highest BCUT2D eigenvalue weighted by atomic mass is 79.9. The first-order valence-electron chi connectivity index (χ1n) is 7.70. The lowest BCUT2D eigenvalue weighted by molar-refractivity contribution is 0.246. The molecule has 21 heavy (non-hydrogen) atoms. The van der Waals surface area contributed by atoms with Crippen LogP contribution in [0.5, 0.6) is 0 Å². The van der Waals surface area contributed by atoms with Gasteiger partial charge in [0.15, 0.2) is 0 Å². The van der Waals surface area contributed by atoms with Crippen LogP contribution < -0.4 is 0 Å². The summed E-state index contributed by atoms with van der Waals surface area (Å²) in [5.41, 5.74) is 2.15. The van der Waals surface area contributed by atoms with Gasteiger partial charge in [0.05, 0.1) is 5.69 Å². The quantitative estimate of drug-likeness (QED) is 0.847. The topological polar surface area (TPSA) is 33.4 Å². The minimum absolute atomic E-state index is 0.573. The molecule has 0 unspecified atom stereocenters. The second-order valence-electron chi connectivity index (χ2n) is 6.47. The Hall–Kier alpha value is -0.940. The lowest BCUT2D eigenvalue weighted by Crippen LogP contribution is -2.25. The van der Waals surface area contributed by atoms with Crippen molar-refractivity contribution in [3.8, 4) is 0 Å². The molecule has 2 aromatic heterocycles.